The Morgan fingerprint density at radius 2 is 1.83 bits per heavy atom. The van der Waals surface area contributed by atoms with Crippen LogP contribution in [0.4, 0.5) is 0 Å². The highest BCUT2D eigenvalue weighted by Gasteiger charge is 2.26. The fourth-order valence-electron chi connectivity index (χ4n) is 3.12. The summed E-state index contributed by atoms with van der Waals surface area (Å²) in [5.41, 5.74) is 0.913. The number of rotatable bonds is 7. The topological polar surface area (TPSA) is 67.9 Å². The molecule has 0 unspecified atom stereocenters. The van der Waals surface area contributed by atoms with Gasteiger partial charge in [0, 0.05) is 19.5 Å². The van der Waals surface area contributed by atoms with Crippen LogP contribution in [0.15, 0.2) is 18.2 Å². The average Bonchev–Trinajstić information content (AvgIpc) is 3.11. The van der Waals surface area contributed by atoms with E-state index in [-0.39, 0.29) is 24.4 Å². The van der Waals surface area contributed by atoms with Crippen LogP contribution in [0, 0.1) is 0 Å². The van der Waals surface area contributed by atoms with E-state index < -0.39 is 0 Å². The van der Waals surface area contributed by atoms with Gasteiger partial charge in [-0.1, -0.05) is 18.9 Å². The number of nitrogens with one attached hydrogen (secondary N) is 1. The fourth-order valence-corrected chi connectivity index (χ4v) is 3.12. The molecule has 1 aromatic rings. The maximum atomic E-state index is 12.2. The summed E-state index contributed by atoms with van der Waals surface area (Å²) in [4.78, 5) is 25.7. The number of amides is 2. The molecule has 1 aromatic carbocycles. The van der Waals surface area contributed by atoms with Crippen LogP contribution < -0.4 is 14.8 Å². The first-order chi connectivity index (χ1) is 11.5. The molecule has 0 radical (unpaired) electrons. The van der Waals surface area contributed by atoms with E-state index in [1.54, 1.807) is 25.2 Å². The molecule has 1 saturated carbocycles. The van der Waals surface area contributed by atoms with Crippen molar-refractivity contribution in [2.45, 2.75) is 45.2 Å². The second-order valence-corrected chi connectivity index (χ2v) is 6.05. The first kappa shape index (κ1) is 18.1. The lowest BCUT2D eigenvalue weighted by molar-refractivity contribution is -0.136. The Bertz CT molecular complexity index is 582. The Morgan fingerprint density at radius 1 is 1.17 bits per heavy atom. The normalized spacial score (nSPS) is 14.3. The summed E-state index contributed by atoms with van der Waals surface area (Å²) in [7, 11) is 3.16. The average molecular weight is 334 g/mol. The summed E-state index contributed by atoms with van der Waals surface area (Å²) in [6.07, 6.45) is 4.23. The van der Waals surface area contributed by atoms with Gasteiger partial charge in [0.2, 0.25) is 11.8 Å². The number of hydrogen-bond donors (Lipinski definition) is 1. The van der Waals surface area contributed by atoms with Crippen molar-refractivity contribution in [3.8, 4) is 11.5 Å². The number of methoxy groups -OCH3 is 2. The van der Waals surface area contributed by atoms with Gasteiger partial charge in [0.15, 0.2) is 11.5 Å². The summed E-state index contributed by atoms with van der Waals surface area (Å²) in [6.45, 7) is 2.03. The third-order valence-corrected chi connectivity index (χ3v) is 4.42. The lowest BCUT2D eigenvalue weighted by Gasteiger charge is -2.27. The van der Waals surface area contributed by atoms with Crippen molar-refractivity contribution in [3.05, 3.63) is 23.8 Å². The summed E-state index contributed by atoms with van der Waals surface area (Å²) in [6, 6.07) is 5.72. The van der Waals surface area contributed by atoms with Crippen LogP contribution in [-0.4, -0.2) is 43.5 Å². The molecule has 2 amide bonds. The molecule has 0 aliphatic heterocycles. The molecule has 1 aliphatic carbocycles. The maximum Gasteiger partial charge on any atom is 0.239 e. The quantitative estimate of drug-likeness (QED) is 0.829. The predicted molar refractivity (Wildman–Crippen MR) is 91.0 cm³/mol. The van der Waals surface area contributed by atoms with Crippen molar-refractivity contribution >= 4 is 11.8 Å². The third kappa shape index (κ3) is 4.63. The lowest BCUT2D eigenvalue weighted by Crippen LogP contribution is -2.44. The molecule has 24 heavy (non-hydrogen) atoms. The molecule has 2 rings (SSSR count). The third-order valence-electron chi connectivity index (χ3n) is 4.42. The van der Waals surface area contributed by atoms with Crippen molar-refractivity contribution in [2.75, 3.05) is 20.8 Å². The molecule has 1 N–H and O–H groups in total. The van der Waals surface area contributed by atoms with Crippen molar-refractivity contribution in [1.29, 1.82) is 0 Å². The van der Waals surface area contributed by atoms with Gasteiger partial charge in [-0.2, -0.15) is 0 Å². The van der Waals surface area contributed by atoms with E-state index in [1.165, 1.54) is 6.92 Å². The van der Waals surface area contributed by atoms with Gasteiger partial charge in [-0.3, -0.25) is 9.59 Å². The predicted octanol–water partition coefficient (Wildman–Crippen LogP) is 2.11. The molecule has 1 aliphatic rings. The van der Waals surface area contributed by atoms with Crippen LogP contribution in [0.5, 0.6) is 11.5 Å². The Hall–Kier alpha value is -2.24. The van der Waals surface area contributed by atoms with Gasteiger partial charge >= 0.3 is 0 Å². The number of benzene rings is 1. The van der Waals surface area contributed by atoms with Gasteiger partial charge in [0.1, 0.15) is 0 Å². The van der Waals surface area contributed by atoms with E-state index in [4.69, 9.17) is 9.47 Å². The molecule has 0 aromatic heterocycles. The highest BCUT2D eigenvalue weighted by Crippen LogP contribution is 2.27. The fraction of sp³-hybridized carbons (Fsp3) is 0.556. The standard InChI is InChI=1S/C18H26N2O4/c1-13(21)20(15-6-4-5-7-15)12-18(22)19-11-14-8-9-16(23-2)17(10-14)24-3/h8-10,15H,4-7,11-12H2,1-3H3,(H,19,22). The van der Waals surface area contributed by atoms with Gasteiger partial charge < -0.3 is 19.7 Å². The second kappa shape index (κ2) is 8.57. The minimum Gasteiger partial charge on any atom is -0.493 e. The van der Waals surface area contributed by atoms with Crippen LogP contribution in [0.25, 0.3) is 0 Å². The Labute approximate surface area is 143 Å². The van der Waals surface area contributed by atoms with Gasteiger partial charge in [-0.25, -0.2) is 0 Å². The molecule has 132 valence electrons. The van der Waals surface area contributed by atoms with E-state index in [0.717, 1.165) is 31.2 Å². The maximum absolute atomic E-state index is 12.2. The van der Waals surface area contributed by atoms with Crippen molar-refractivity contribution < 1.29 is 19.1 Å². The van der Waals surface area contributed by atoms with Crippen LogP contribution in [0.1, 0.15) is 38.2 Å². The van der Waals surface area contributed by atoms with Crippen LogP contribution in [0.3, 0.4) is 0 Å². The Morgan fingerprint density at radius 3 is 2.42 bits per heavy atom. The minimum atomic E-state index is -0.146. The highest BCUT2D eigenvalue weighted by atomic mass is 16.5. The molecule has 6 heteroatoms. The largest absolute Gasteiger partial charge is 0.493 e. The Kier molecular flexibility index (Phi) is 6.46. The van der Waals surface area contributed by atoms with E-state index in [2.05, 4.69) is 5.32 Å². The Balaban J connectivity index is 1.91. The zero-order valence-electron chi connectivity index (χ0n) is 14.6. The molecule has 0 atom stereocenters. The molecule has 0 saturated heterocycles. The summed E-state index contributed by atoms with van der Waals surface area (Å²) < 4.78 is 10.5. The minimum absolute atomic E-state index is 0.0387. The van der Waals surface area contributed by atoms with Crippen molar-refractivity contribution in [1.82, 2.24) is 10.2 Å². The summed E-state index contributed by atoms with van der Waals surface area (Å²) >= 11 is 0. The number of nitrogens with zero attached hydrogens (tertiary/aromatic N) is 1. The molecule has 1 fully saturated rings. The molecule has 0 bridgehead atoms. The van der Waals surface area contributed by atoms with Crippen molar-refractivity contribution in [3.63, 3.8) is 0 Å². The van der Waals surface area contributed by atoms with E-state index in [1.807, 2.05) is 12.1 Å². The van der Waals surface area contributed by atoms with Gasteiger partial charge in [-0.15, -0.1) is 0 Å². The van der Waals surface area contributed by atoms with Crippen molar-refractivity contribution in [2.24, 2.45) is 0 Å². The summed E-state index contributed by atoms with van der Waals surface area (Å²) in [5.74, 6) is 1.09. The first-order valence-electron chi connectivity index (χ1n) is 8.30. The number of ether oxygens (including phenoxy) is 2. The molecule has 0 heterocycles. The second-order valence-electron chi connectivity index (χ2n) is 6.05. The summed E-state index contributed by atoms with van der Waals surface area (Å²) in [5, 5.41) is 2.87. The molecular weight excluding hydrogens is 308 g/mol. The van der Waals surface area contributed by atoms with E-state index >= 15 is 0 Å². The monoisotopic (exact) mass is 334 g/mol. The van der Waals surface area contributed by atoms with Gasteiger partial charge in [-0.05, 0) is 30.5 Å². The SMILES string of the molecule is COc1ccc(CNC(=O)CN(C(C)=O)C2CCCC2)cc1OC. The van der Waals surface area contributed by atoms with Crippen LogP contribution in [0.2, 0.25) is 0 Å². The van der Waals surface area contributed by atoms with Crippen LogP contribution in [-0.2, 0) is 16.1 Å². The number of carbonyl (C=O) groups is 2. The number of hydrogen-bond acceptors (Lipinski definition) is 4. The zero-order valence-corrected chi connectivity index (χ0v) is 14.6. The van der Waals surface area contributed by atoms with Crippen LogP contribution >= 0.6 is 0 Å². The smallest absolute Gasteiger partial charge is 0.239 e. The molecule has 6 nitrogen and oxygen atoms in total. The lowest BCUT2D eigenvalue weighted by atomic mass is 10.2. The number of carbonyl (C=O) groups excluding carboxylic acids is 2. The highest BCUT2D eigenvalue weighted by molar-refractivity contribution is 5.84. The van der Waals surface area contributed by atoms with E-state index in [0.29, 0.717) is 18.0 Å². The zero-order chi connectivity index (χ0) is 17.5. The molecular formula is C18H26N2O4. The van der Waals surface area contributed by atoms with E-state index in [9.17, 15) is 9.59 Å². The van der Waals surface area contributed by atoms with Gasteiger partial charge in [0.25, 0.3) is 0 Å². The molecule has 0 spiro atoms. The first-order valence-corrected chi connectivity index (χ1v) is 8.30. The van der Waals surface area contributed by atoms with Gasteiger partial charge in [0.05, 0.1) is 20.8 Å².